The smallest absolute Gasteiger partial charge is 0.223 e. The summed E-state index contributed by atoms with van der Waals surface area (Å²) in [6, 6.07) is 14.7. The minimum absolute atomic E-state index is 0.0271. The molecular formula is C22H30N2O. The standard InChI is InChI=1S/C22H30N2O/c1-17(16-22(2,3)4)15-20(25)24-14-13-23-12-8-11-19(23)21(24)18-9-6-5-7-10-18/h5-12,17,21H,13-16H2,1-4H3. The third-order valence-electron chi connectivity index (χ3n) is 4.96. The van der Waals surface area contributed by atoms with Gasteiger partial charge in [0, 0.05) is 31.4 Å². The maximum absolute atomic E-state index is 13.1. The molecule has 1 aliphatic rings. The van der Waals surface area contributed by atoms with E-state index < -0.39 is 0 Å². The highest BCUT2D eigenvalue weighted by Crippen LogP contribution is 2.34. The molecule has 1 aromatic heterocycles. The molecule has 0 saturated carbocycles. The number of rotatable bonds is 4. The van der Waals surface area contributed by atoms with Crippen LogP contribution in [0, 0.1) is 11.3 Å². The minimum Gasteiger partial charge on any atom is -0.348 e. The molecule has 3 nitrogen and oxygen atoms in total. The van der Waals surface area contributed by atoms with Gasteiger partial charge in [0.1, 0.15) is 0 Å². The highest BCUT2D eigenvalue weighted by atomic mass is 16.2. The predicted octanol–water partition coefficient (Wildman–Crippen LogP) is 4.88. The van der Waals surface area contributed by atoms with Crippen molar-refractivity contribution in [3.63, 3.8) is 0 Å². The summed E-state index contributed by atoms with van der Waals surface area (Å²) in [5.41, 5.74) is 2.67. The number of nitrogens with zero attached hydrogens (tertiary/aromatic N) is 2. The monoisotopic (exact) mass is 338 g/mol. The van der Waals surface area contributed by atoms with Gasteiger partial charge >= 0.3 is 0 Å². The normalized spacial score (nSPS) is 18.7. The summed E-state index contributed by atoms with van der Waals surface area (Å²) >= 11 is 0. The van der Waals surface area contributed by atoms with Crippen LogP contribution in [0.1, 0.15) is 57.8 Å². The van der Waals surface area contributed by atoms with E-state index in [-0.39, 0.29) is 17.4 Å². The lowest BCUT2D eigenvalue weighted by atomic mass is 9.84. The van der Waals surface area contributed by atoms with Gasteiger partial charge in [0.25, 0.3) is 0 Å². The van der Waals surface area contributed by atoms with E-state index in [1.54, 1.807) is 0 Å². The predicted molar refractivity (Wildman–Crippen MR) is 102 cm³/mol. The van der Waals surface area contributed by atoms with Crippen LogP contribution in [0.15, 0.2) is 48.7 Å². The van der Waals surface area contributed by atoms with Crippen LogP contribution in [0.2, 0.25) is 0 Å². The Labute approximate surface area is 151 Å². The van der Waals surface area contributed by atoms with Gasteiger partial charge in [-0.1, -0.05) is 58.0 Å². The van der Waals surface area contributed by atoms with Gasteiger partial charge in [0.15, 0.2) is 0 Å². The maximum atomic E-state index is 13.1. The van der Waals surface area contributed by atoms with E-state index in [9.17, 15) is 4.79 Å². The summed E-state index contributed by atoms with van der Waals surface area (Å²) < 4.78 is 2.28. The number of carbonyl (C=O) groups is 1. The van der Waals surface area contributed by atoms with Crippen LogP contribution < -0.4 is 0 Å². The van der Waals surface area contributed by atoms with E-state index in [1.807, 2.05) is 6.07 Å². The molecule has 0 N–H and O–H groups in total. The molecule has 1 amide bonds. The quantitative estimate of drug-likeness (QED) is 0.780. The van der Waals surface area contributed by atoms with E-state index in [0.29, 0.717) is 12.3 Å². The zero-order chi connectivity index (χ0) is 18.0. The summed E-state index contributed by atoms with van der Waals surface area (Å²) in [4.78, 5) is 15.2. The molecule has 0 radical (unpaired) electrons. The molecule has 2 unspecified atom stereocenters. The Bertz CT molecular complexity index is 711. The number of aromatic nitrogens is 1. The van der Waals surface area contributed by atoms with Crippen LogP contribution in [0.5, 0.6) is 0 Å². The fraction of sp³-hybridized carbons (Fsp3) is 0.500. The highest BCUT2D eigenvalue weighted by molar-refractivity contribution is 5.77. The molecule has 0 bridgehead atoms. The van der Waals surface area contributed by atoms with Gasteiger partial charge in [-0.25, -0.2) is 0 Å². The number of hydrogen-bond acceptors (Lipinski definition) is 1. The van der Waals surface area contributed by atoms with E-state index in [2.05, 4.69) is 79.8 Å². The molecule has 2 aromatic rings. The van der Waals surface area contributed by atoms with E-state index in [4.69, 9.17) is 0 Å². The number of benzene rings is 1. The van der Waals surface area contributed by atoms with Gasteiger partial charge in [-0.2, -0.15) is 0 Å². The van der Waals surface area contributed by atoms with Crippen LogP contribution in [-0.2, 0) is 11.3 Å². The molecule has 25 heavy (non-hydrogen) atoms. The number of amides is 1. The van der Waals surface area contributed by atoms with Gasteiger partial charge in [0.05, 0.1) is 6.04 Å². The fourth-order valence-electron chi connectivity index (χ4n) is 4.17. The summed E-state index contributed by atoms with van der Waals surface area (Å²) in [6.07, 6.45) is 3.82. The average molecular weight is 338 g/mol. The second-order valence-electron chi connectivity index (χ2n) is 8.60. The molecule has 0 aliphatic carbocycles. The van der Waals surface area contributed by atoms with Crippen molar-refractivity contribution in [1.82, 2.24) is 9.47 Å². The van der Waals surface area contributed by atoms with Crippen molar-refractivity contribution >= 4 is 5.91 Å². The number of fused-ring (bicyclic) bond motifs is 1. The summed E-state index contributed by atoms with van der Waals surface area (Å²) in [7, 11) is 0. The zero-order valence-electron chi connectivity index (χ0n) is 15.9. The van der Waals surface area contributed by atoms with Crippen molar-refractivity contribution < 1.29 is 4.79 Å². The molecule has 0 fully saturated rings. The Kier molecular flexibility index (Phi) is 5.03. The molecular weight excluding hydrogens is 308 g/mol. The Hall–Kier alpha value is -2.03. The first kappa shape index (κ1) is 17.8. The zero-order valence-corrected chi connectivity index (χ0v) is 15.9. The molecule has 0 spiro atoms. The van der Waals surface area contributed by atoms with Crippen molar-refractivity contribution in [3.05, 3.63) is 59.9 Å². The Morgan fingerprint density at radius 1 is 1.12 bits per heavy atom. The highest BCUT2D eigenvalue weighted by Gasteiger charge is 2.32. The lowest BCUT2D eigenvalue weighted by Gasteiger charge is -2.38. The second-order valence-corrected chi connectivity index (χ2v) is 8.60. The van der Waals surface area contributed by atoms with E-state index in [0.717, 1.165) is 19.5 Å². The van der Waals surface area contributed by atoms with Crippen LogP contribution in [0.4, 0.5) is 0 Å². The molecule has 0 saturated heterocycles. The van der Waals surface area contributed by atoms with E-state index >= 15 is 0 Å². The first-order valence-electron chi connectivity index (χ1n) is 9.34. The van der Waals surface area contributed by atoms with Crippen LogP contribution in [0.25, 0.3) is 0 Å². The molecule has 3 rings (SSSR count). The van der Waals surface area contributed by atoms with Gasteiger partial charge in [-0.05, 0) is 35.4 Å². The van der Waals surface area contributed by atoms with Crippen molar-refractivity contribution in [2.75, 3.05) is 6.54 Å². The van der Waals surface area contributed by atoms with Crippen LogP contribution in [-0.4, -0.2) is 21.9 Å². The first-order chi connectivity index (χ1) is 11.8. The van der Waals surface area contributed by atoms with Crippen molar-refractivity contribution in [2.45, 2.75) is 53.1 Å². The number of carbonyl (C=O) groups excluding carboxylic acids is 1. The lowest BCUT2D eigenvalue weighted by Crippen LogP contribution is -2.43. The molecule has 2 atom stereocenters. The minimum atomic E-state index is 0.0271. The van der Waals surface area contributed by atoms with Gasteiger partial charge in [-0.15, -0.1) is 0 Å². The second kappa shape index (κ2) is 7.07. The molecule has 134 valence electrons. The Balaban J connectivity index is 1.83. The van der Waals surface area contributed by atoms with Gasteiger partial charge in [-0.3, -0.25) is 4.79 Å². The van der Waals surface area contributed by atoms with Gasteiger partial charge in [0.2, 0.25) is 5.91 Å². The summed E-state index contributed by atoms with van der Waals surface area (Å²) in [5, 5.41) is 0. The van der Waals surface area contributed by atoms with Gasteiger partial charge < -0.3 is 9.47 Å². The average Bonchev–Trinajstić information content (AvgIpc) is 3.01. The third-order valence-corrected chi connectivity index (χ3v) is 4.96. The van der Waals surface area contributed by atoms with Crippen molar-refractivity contribution in [2.24, 2.45) is 11.3 Å². The van der Waals surface area contributed by atoms with Crippen LogP contribution in [0.3, 0.4) is 0 Å². The topological polar surface area (TPSA) is 25.2 Å². The van der Waals surface area contributed by atoms with Crippen molar-refractivity contribution in [1.29, 1.82) is 0 Å². The van der Waals surface area contributed by atoms with Crippen LogP contribution >= 0.6 is 0 Å². The summed E-state index contributed by atoms with van der Waals surface area (Å²) in [6.45, 7) is 10.6. The molecule has 2 heterocycles. The molecule has 3 heteroatoms. The summed E-state index contributed by atoms with van der Waals surface area (Å²) in [5.74, 6) is 0.677. The lowest BCUT2D eigenvalue weighted by molar-refractivity contribution is -0.135. The third kappa shape index (κ3) is 4.15. The Morgan fingerprint density at radius 2 is 1.84 bits per heavy atom. The first-order valence-corrected chi connectivity index (χ1v) is 9.34. The Morgan fingerprint density at radius 3 is 2.52 bits per heavy atom. The molecule has 1 aliphatic heterocycles. The fourth-order valence-corrected chi connectivity index (χ4v) is 4.17. The number of hydrogen-bond donors (Lipinski definition) is 0. The SMILES string of the molecule is CC(CC(=O)N1CCn2cccc2C1c1ccccc1)CC(C)(C)C. The van der Waals surface area contributed by atoms with E-state index in [1.165, 1.54) is 11.3 Å². The largest absolute Gasteiger partial charge is 0.348 e. The van der Waals surface area contributed by atoms with Crippen molar-refractivity contribution in [3.8, 4) is 0 Å². The maximum Gasteiger partial charge on any atom is 0.223 e. The molecule has 1 aromatic carbocycles.